The van der Waals surface area contributed by atoms with Crippen LogP contribution in [0.25, 0.3) is 0 Å². The van der Waals surface area contributed by atoms with E-state index in [0.717, 1.165) is 6.42 Å². The van der Waals surface area contributed by atoms with E-state index in [1.54, 1.807) is 25.3 Å². The topological polar surface area (TPSA) is 74.8 Å². The smallest absolute Gasteiger partial charge is 0.257 e. The molecular weight excluding hydrogens is 320 g/mol. The fraction of sp³-hybridized carbons (Fsp3) is 0.611. The highest BCUT2D eigenvalue weighted by Gasteiger charge is 2.40. The van der Waals surface area contributed by atoms with Gasteiger partial charge in [0.2, 0.25) is 5.91 Å². The minimum atomic E-state index is -0.0675. The number of nitrogens with zero attached hydrogens (tertiary/aromatic N) is 3. The maximum Gasteiger partial charge on any atom is 0.257 e. The van der Waals surface area contributed by atoms with Gasteiger partial charge in [-0.25, -0.2) is 4.98 Å². The van der Waals surface area contributed by atoms with Gasteiger partial charge in [0.05, 0.1) is 24.3 Å². The predicted molar refractivity (Wildman–Crippen MR) is 94.4 cm³/mol. The number of morpholine rings is 1. The van der Waals surface area contributed by atoms with Crippen molar-refractivity contribution in [2.75, 3.05) is 31.6 Å². The number of carbonyl (C=O) groups excluding carboxylic acids is 2. The molecule has 2 aliphatic heterocycles. The van der Waals surface area contributed by atoms with Gasteiger partial charge in [0.25, 0.3) is 5.91 Å². The average molecular weight is 346 g/mol. The number of aromatic nitrogens is 1. The summed E-state index contributed by atoms with van der Waals surface area (Å²) in [5, 5.41) is 3.23. The van der Waals surface area contributed by atoms with Crippen molar-refractivity contribution < 1.29 is 14.3 Å². The van der Waals surface area contributed by atoms with Crippen molar-refractivity contribution in [2.45, 2.75) is 45.4 Å². The first-order chi connectivity index (χ1) is 12.0. The maximum atomic E-state index is 13.1. The normalized spacial score (nSPS) is 23.4. The molecule has 2 atom stereocenters. The van der Waals surface area contributed by atoms with Crippen molar-refractivity contribution in [1.29, 1.82) is 0 Å². The second-order valence-corrected chi connectivity index (χ2v) is 6.93. The van der Waals surface area contributed by atoms with Gasteiger partial charge in [-0.05, 0) is 32.4 Å². The van der Waals surface area contributed by atoms with E-state index in [2.05, 4.69) is 10.3 Å². The van der Waals surface area contributed by atoms with Crippen LogP contribution in [0.3, 0.4) is 0 Å². The van der Waals surface area contributed by atoms with Crippen LogP contribution in [-0.4, -0.2) is 71.0 Å². The molecule has 1 N–H and O–H groups in total. The zero-order valence-electron chi connectivity index (χ0n) is 15.1. The zero-order chi connectivity index (χ0) is 18.0. The Bertz CT molecular complexity index is 649. The van der Waals surface area contributed by atoms with Crippen LogP contribution in [0.2, 0.25) is 0 Å². The number of pyridine rings is 1. The van der Waals surface area contributed by atoms with Crippen LogP contribution in [-0.2, 0) is 9.53 Å². The molecule has 0 aliphatic carbocycles. The number of amides is 2. The Morgan fingerprint density at radius 1 is 1.36 bits per heavy atom. The van der Waals surface area contributed by atoms with E-state index in [4.69, 9.17) is 4.74 Å². The van der Waals surface area contributed by atoms with Gasteiger partial charge in [0.15, 0.2) is 0 Å². The van der Waals surface area contributed by atoms with E-state index in [9.17, 15) is 9.59 Å². The fourth-order valence-corrected chi connectivity index (χ4v) is 3.58. The Hall–Kier alpha value is -2.15. The quantitative estimate of drug-likeness (QED) is 0.895. The molecule has 0 saturated carbocycles. The highest BCUT2D eigenvalue weighted by atomic mass is 16.5. The lowest BCUT2D eigenvalue weighted by Crippen LogP contribution is -2.61. The molecule has 3 heterocycles. The van der Waals surface area contributed by atoms with Gasteiger partial charge < -0.3 is 19.9 Å². The maximum absolute atomic E-state index is 13.1. The molecule has 2 fully saturated rings. The van der Waals surface area contributed by atoms with Crippen molar-refractivity contribution in [1.82, 2.24) is 14.8 Å². The first kappa shape index (κ1) is 17.7. The van der Waals surface area contributed by atoms with Crippen LogP contribution in [0, 0.1) is 0 Å². The summed E-state index contributed by atoms with van der Waals surface area (Å²) in [4.78, 5) is 32.9. The summed E-state index contributed by atoms with van der Waals surface area (Å²) < 4.78 is 5.82. The summed E-state index contributed by atoms with van der Waals surface area (Å²) in [7, 11) is 0. The van der Waals surface area contributed by atoms with Gasteiger partial charge in [0, 0.05) is 38.8 Å². The third kappa shape index (κ3) is 3.76. The number of fused-ring (bicyclic) bond motifs is 1. The fourth-order valence-electron chi connectivity index (χ4n) is 3.58. The lowest BCUT2D eigenvalue weighted by atomic mass is 9.98. The molecule has 2 unspecified atom stereocenters. The number of carbonyl (C=O) groups is 2. The Morgan fingerprint density at radius 3 is 2.88 bits per heavy atom. The summed E-state index contributed by atoms with van der Waals surface area (Å²) in [6, 6.07) is 3.69. The Morgan fingerprint density at radius 2 is 2.16 bits per heavy atom. The predicted octanol–water partition coefficient (Wildman–Crippen LogP) is 1.36. The zero-order valence-corrected chi connectivity index (χ0v) is 15.1. The molecule has 2 saturated heterocycles. The molecule has 3 rings (SSSR count). The van der Waals surface area contributed by atoms with Gasteiger partial charge in [-0.2, -0.15) is 0 Å². The number of hydrogen-bond donors (Lipinski definition) is 1. The molecular formula is C18H26N4O3. The van der Waals surface area contributed by atoms with Crippen LogP contribution < -0.4 is 5.32 Å². The van der Waals surface area contributed by atoms with Gasteiger partial charge >= 0.3 is 0 Å². The third-order valence-electron chi connectivity index (χ3n) is 4.74. The number of rotatable bonds is 3. The van der Waals surface area contributed by atoms with E-state index in [1.807, 2.05) is 23.6 Å². The van der Waals surface area contributed by atoms with Crippen LogP contribution >= 0.6 is 0 Å². The number of anilines is 1. The van der Waals surface area contributed by atoms with Crippen LogP contribution in [0.15, 0.2) is 18.3 Å². The van der Waals surface area contributed by atoms with Crippen LogP contribution in [0.4, 0.5) is 5.82 Å². The number of hydrogen-bond acceptors (Lipinski definition) is 5. The largest absolute Gasteiger partial charge is 0.374 e. The van der Waals surface area contributed by atoms with Crippen molar-refractivity contribution in [2.24, 2.45) is 0 Å². The molecule has 0 aromatic carbocycles. The standard InChI is InChI=1S/C18H26N4O3/c1-12(2)20-17-14(5-4-7-19-17)18(24)21-8-6-16-15(11-21)22(13(3)23)9-10-25-16/h4-5,7,12,15-16H,6,8-11H2,1-3H3,(H,19,20). The first-order valence-electron chi connectivity index (χ1n) is 8.87. The van der Waals surface area contributed by atoms with Crippen molar-refractivity contribution in [3.63, 3.8) is 0 Å². The molecule has 0 bridgehead atoms. The number of nitrogens with one attached hydrogen (secondary N) is 1. The molecule has 0 spiro atoms. The highest BCUT2D eigenvalue weighted by Crippen LogP contribution is 2.25. The monoisotopic (exact) mass is 346 g/mol. The lowest BCUT2D eigenvalue weighted by molar-refractivity contribution is -0.149. The van der Waals surface area contributed by atoms with E-state index in [1.165, 1.54) is 0 Å². The molecule has 0 radical (unpaired) electrons. The van der Waals surface area contributed by atoms with Crippen LogP contribution in [0.1, 0.15) is 37.6 Å². The third-order valence-corrected chi connectivity index (χ3v) is 4.74. The number of ether oxygens (including phenoxy) is 1. The number of piperidine rings is 1. The SMILES string of the molecule is CC(=O)N1CCOC2CCN(C(=O)c3cccnc3NC(C)C)CC21. The lowest BCUT2D eigenvalue weighted by Gasteiger charge is -2.46. The van der Waals surface area contributed by atoms with Crippen molar-refractivity contribution >= 4 is 17.6 Å². The van der Waals surface area contributed by atoms with Gasteiger partial charge in [-0.15, -0.1) is 0 Å². The van der Waals surface area contributed by atoms with E-state index >= 15 is 0 Å². The molecule has 136 valence electrons. The minimum Gasteiger partial charge on any atom is -0.374 e. The minimum absolute atomic E-state index is 0.0175. The molecule has 7 heteroatoms. The molecule has 25 heavy (non-hydrogen) atoms. The average Bonchev–Trinajstić information content (AvgIpc) is 2.60. The van der Waals surface area contributed by atoms with E-state index in [-0.39, 0.29) is 30.0 Å². The number of likely N-dealkylation sites (tertiary alicyclic amines) is 1. The Balaban J connectivity index is 1.78. The summed E-state index contributed by atoms with van der Waals surface area (Å²) in [6.45, 7) is 7.89. The highest BCUT2D eigenvalue weighted by molar-refractivity contribution is 5.98. The van der Waals surface area contributed by atoms with Gasteiger partial charge in [-0.3, -0.25) is 9.59 Å². The van der Waals surface area contributed by atoms with Gasteiger partial charge in [0.1, 0.15) is 5.82 Å². The van der Waals surface area contributed by atoms with E-state index in [0.29, 0.717) is 37.6 Å². The molecule has 2 amide bonds. The first-order valence-corrected chi connectivity index (χ1v) is 8.87. The Kier molecular flexibility index (Phi) is 5.22. The van der Waals surface area contributed by atoms with Crippen LogP contribution in [0.5, 0.6) is 0 Å². The van der Waals surface area contributed by atoms with Crippen molar-refractivity contribution in [3.05, 3.63) is 23.9 Å². The summed E-state index contributed by atoms with van der Waals surface area (Å²) in [5.74, 6) is 0.591. The van der Waals surface area contributed by atoms with Gasteiger partial charge in [-0.1, -0.05) is 0 Å². The summed E-state index contributed by atoms with van der Waals surface area (Å²) in [6.07, 6.45) is 2.44. The molecule has 2 aliphatic rings. The Labute approximate surface area is 148 Å². The second-order valence-electron chi connectivity index (χ2n) is 6.93. The molecule has 1 aromatic rings. The summed E-state index contributed by atoms with van der Waals surface area (Å²) in [5.41, 5.74) is 0.570. The summed E-state index contributed by atoms with van der Waals surface area (Å²) >= 11 is 0. The molecule has 7 nitrogen and oxygen atoms in total. The molecule has 1 aromatic heterocycles. The second kappa shape index (κ2) is 7.39. The van der Waals surface area contributed by atoms with Crippen molar-refractivity contribution in [3.8, 4) is 0 Å². The van der Waals surface area contributed by atoms with E-state index < -0.39 is 0 Å².